The Bertz CT molecular complexity index is 606. The average Bonchev–Trinajstić information content (AvgIpc) is 2.80. The van der Waals surface area contributed by atoms with Gasteiger partial charge in [0.15, 0.2) is 0 Å². The smallest absolute Gasteiger partial charge is 0.333 e. The van der Waals surface area contributed by atoms with Crippen molar-refractivity contribution in [2.75, 3.05) is 25.5 Å². The summed E-state index contributed by atoms with van der Waals surface area (Å²) in [5, 5.41) is 0. The Labute approximate surface area is 214 Å². The molecule has 1 N–H and O–H groups in total. The minimum atomic E-state index is -2.97. The molecule has 0 saturated heterocycles. The molecule has 0 bridgehead atoms. The van der Waals surface area contributed by atoms with Crippen molar-refractivity contribution in [3.05, 3.63) is 24.3 Å². The molecule has 0 rings (SSSR count). The number of ether oxygens (including phenoxy) is 2. The van der Waals surface area contributed by atoms with Gasteiger partial charge in [0, 0.05) is 23.5 Å². The van der Waals surface area contributed by atoms with Crippen molar-refractivity contribution in [3.63, 3.8) is 0 Å². The van der Waals surface area contributed by atoms with Gasteiger partial charge in [-0.25, -0.2) is 9.59 Å². The zero-order valence-electron chi connectivity index (χ0n) is 22.5. The van der Waals surface area contributed by atoms with E-state index < -0.39 is 7.37 Å². The second kappa shape index (κ2) is 21.9. The first-order chi connectivity index (χ1) is 16.7. The predicted octanol–water partition coefficient (Wildman–Crippen LogP) is 7.74. The maximum atomic E-state index is 12.3. The number of hydrogen-bond donors (Lipinski definition) is 1. The van der Waals surface area contributed by atoms with Crippen LogP contribution in [0.15, 0.2) is 24.3 Å². The van der Waals surface area contributed by atoms with Gasteiger partial charge < -0.3 is 14.4 Å². The van der Waals surface area contributed by atoms with E-state index in [1.54, 1.807) is 13.8 Å². The van der Waals surface area contributed by atoms with Crippen LogP contribution in [0.2, 0.25) is 0 Å². The fourth-order valence-corrected chi connectivity index (χ4v) is 5.39. The van der Waals surface area contributed by atoms with Crippen LogP contribution in [0.25, 0.3) is 0 Å². The van der Waals surface area contributed by atoms with Gasteiger partial charge in [-0.2, -0.15) is 0 Å². The van der Waals surface area contributed by atoms with Crippen LogP contribution in [-0.4, -0.2) is 42.4 Å². The normalized spacial score (nSPS) is 11.3. The van der Waals surface area contributed by atoms with Gasteiger partial charge >= 0.3 is 11.9 Å². The van der Waals surface area contributed by atoms with Gasteiger partial charge in [0.05, 0.1) is 13.2 Å². The highest BCUT2D eigenvalue weighted by Gasteiger charge is 2.16. The molecule has 0 saturated carbocycles. The first-order valence-electron chi connectivity index (χ1n) is 13.6. The molecule has 0 aliphatic heterocycles. The zero-order chi connectivity index (χ0) is 26.4. The van der Waals surface area contributed by atoms with Crippen molar-refractivity contribution in [2.45, 2.75) is 117 Å². The van der Waals surface area contributed by atoms with E-state index in [0.717, 1.165) is 103 Å². The van der Waals surface area contributed by atoms with E-state index in [9.17, 15) is 19.0 Å². The second-order valence-electron chi connectivity index (χ2n) is 9.78. The maximum Gasteiger partial charge on any atom is 0.333 e. The van der Waals surface area contributed by atoms with E-state index in [-0.39, 0.29) is 11.9 Å². The Morgan fingerprint density at radius 3 is 1.11 bits per heavy atom. The predicted molar refractivity (Wildman–Crippen MR) is 145 cm³/mol. The van der Waals surface area contributed by atoms with Crippen LogP contribution in [-0.2, 0) is 23.6 Å². The first-order valence-corrected chi connectivity index (χ1v) is 15.6. The van der Waals surface area contributed by atoms with Gasteiger partial charge in [-0.15, -0.1) is 0 Å². The number of esters is 2. The Balaban J connectivity index is 3.42. The van der Waals surface area contributed by atoms with E-state index in [4.69, 9.17) is 9.47 Å². The molecule has 0 fully saturated rings. The lowest BCUT2D eigenvalue weighted by Crippen LogP contribution is -2.05. The summed E-state index contributed by atoms with van der Waals surface area (Å²) in [6.07, 6.45) is 17.6. The molecule has 7 heteroatoms. The highest BCUT2D eigenvalue weighted by Crippen LogP contribution is 2.42. The molecule has 0 radical (unpaired) electrons. The van der Waals surface area contributed by atoms with Crippen molar-refractivity contribution in [3.8, 4) is 0 Å². The second-order valence-corrected chi connectivity index (χ2v) is 12.4. The molecule has 0 unspecified atom stereocenters. The van der Waals surface area contributed by atoms with Gasteiger partial charge in [0.25, 0.3) is 0 Å². The number of rotatable bonds is 24. The molecular formula is C28H51O6P. The monoisotopic (exact) mass is 514 g/mol. The highest BCUT2D eigenvalue weighted by molar-refractivity contribution is 7.57. The van der Waals surface area contributed by atoms with Crippen LogP contribution < -0.4 is 0 Å². The van der Waals surface area contributed by atoms with E-state index in [0.29, 0.717) is 36.7 Å². The molecule has 35 heavy (non-hydrogen) atoms. The van der Waals surface area contributed by atoms with Crippen molar-refractivity contribution in [1.82, 2.24) is 0 Å². The van der Waals surface area contributed by atoms with Crippen LogP contribution in [0.5, 0.6) is 0 Å². The molecule has 0 aliphatic rings. The SMILES string of the molecule is C=C(C)C(=O)OCCCCCCCCCCP(=O)(O)CCCCCCCCCCOC(=O)C(=C)C. The summed E-state index contributed by atoms with van der Waals surface area (Å²) in [7, 11) is -2.97. The molecule has 0 amide bonds. The summed E-state index contributed by atoms with van der Waals surface area (Å²) in [6, 6.07) is 0. The molecule has 6 nitrogen and oxygen atoms in total. The van der Waals surface area contributed by atoms with Crippen LogP contribution in [0.1, 0.15) is 117 Å². The molecule has 204 valence electrons. The third-order valence-corrected chi connectivity index (χ3v) is 8.00. The fourth-order valence-electron chi connectivity index (χ4n) is 3.73. The lowest BCUT2D eigenvalue weighted by molar-refractivity contribution is -0.139. The molecule has 0 aromatic carbocycles. The Kier molecular flexibility index (Phi) is 21.0. The van der Waals surface area contributed by atoms with Crippen molar-refractivity contribution >= 4 is 19.3 Å². The van der Waals surface area contributed by atoms with Gasteiger partial charge in [-0.1, -0.05) is 90.2 Å². The van der Waals surface area contributed by atoms with Crippen LogP contribution >= 0.6 is 7.37 Å². The molecule has 0 aliphatic carbocycles. The molecule has 0 heterocycles. The fraction of sp³-hybridized carbons (Fsp3) is 0.786. The lowest BCUT2D eigenvalue weighted by Gasteiger charge is -2.11. The summed E-state index contributed by atoms with van der Waals surface area (Å²) >= 11 is 0. The zero-order valence-corrected chi connectivity index (χ0v) is 23.4. The van der Waals surface area contributed by atoms with Crippen molar-refractivity contribution < 1.29 is 28.5 Å². The number of carbonyl (C=O) groups excluding carboxylic acids is 2. The van der Waals surface area contributed by atoms with Gasteiger partial charge in [-0.3, -0.25) is 4.57 Å². The van der Waals surface area contributed by atoms with E-state index in [1.807, 2.05) is 0 Å². The van der Waals surface area contributed by atoms with Gasteiger partial charge in [0.2, 0.25) is 7.37 Å². The molecule has 0 atom stereocenters. The largest absolute Gasteiger partial charge is 0.462 e. The minimum absolute atomic E-state index is 0.310. The van der Waals surface area contributed by atoms with Crippen LogP contribution in [0, 0.1) is 0 Å². The number of unbranched alkanes of at least 4 members (excludes halogenated alkanes) is 14. The van der Waals surface area contributed by atoms with E-state index in [2.05, 4.69) is 13.2 Å². The summed E-state index contributed by atoms with van der Waals surface area (Å²) in [5.74, 6) is -0.620. The van der Waals surface area contributed by atoms with Gasteiger partial charge in [0.1, 0.15) is 0 Å². The highest BCUT2D eigenvalue weighted by atomic mass is 31.2. The van der Waals surface area contributed by atoms with Crippen molar-refractivity contribution in [2.24, 2.45) is 0 Å². The summed E-state index contributed by atoms with van der Waals surface area (Å²) in [6.45, 7) is 11.4. The van der Waals surface area contributed by atoms with E-state index in [1.165, 1.54) is 0 Å². The third kappa shape index (κ3) is 22.8. The first kappa shape index (κ1) is 33.6. The topological polar surface area (TPSA) is 89.9 Å². The standard InChI is InChI=1S/C28H51O6P/c1-25(2)27(29)33-21-17-13-9-5-7-11-15-19-23-35(31,32)24-20-16-12-8-6-10-14-18-22-34-28(30)26(3)4/h1,3,5-24H2,2,4H3,(H,31,32). The lowest BCUT2D eigenvalue weighted by atomic mass is 10.1. The maximum absolute atomic E-state index is 12.3. The van der Waals surface area contributed by atoms with Gasteiger partial charge in [-0.05, 0) is 39.5 Å². The Hall–Kier alpha value is -1.39. The summed E-state index contributed by atoms with van der Waals surface area (Å²) in [5.41, 5.74) is 0.885. The van der Waals surface area contributed by atoms with Crippen LogP contribution in [0.4, 0.5) is 0 Å². The van der Waals surface area contributed by atoms with Crippen LogP contribution in [0.3, 0.4) is 0 Å². The molecular weight excluding hydrogens is 463 g/mol. The minimum Gasteiger partial charge on any atom is -0.462 e. The summed E-state index contributed by atoms with van der Waals surface area (Å²) in [4.78, 5) is 32.7. The Morgan fingerprint density at radius 2 is 0.829 bits per heavy atom. The number of hydrogen-bond acceptors (Lipinski definition) is 5. The Morgan fingerprint density at radius 1 is 0.571 bits per heavy atom. The average molecular weight is 515 g/mol. The quantitative estimate of drug-likeness (QED) is 0.0613. The molecule has 0 aromatic heterocycles. The number of carbonyl (C=O) groups is 2. The van der Waals surface area contributed by atoms with E-state index >= 15 is 0 Å². The third-order valence-electron chi connectivity index (χ3n) is 5.97. The van der Waals surface area contributed by atoms with Crippen molar-refractivity contribution in [1.29, 1.82) is 0 Å². The molecule has 0 aromatic rings. The molecule has 0 spiro atoms. The summed E-state index contributed by atoms with van der Waals surface area (Å²) < 4.78 is 22.5.